The third-order valence-corrected chi connectivity index (χ3v) is 2.36. The molecule has 0 aliphatic heterocycles. The molecule has 100 valence electrons. The van der Waals surface area contributed by atoms with Crippen LogP contribution in [-0.4, -0.2) is 24.2 Å². The second-order valence-electron chi connectivity index (χ2n) is 3.64. The lowest BCUT2D eigenvalue weighted by molar-refractivity contribution is -0.139. The molecule has 0 heterocycles. The molecule has 0 aliphatic rings. The van der Waals surface area contributed by atoms with Crippen LogP contribution in [0.3, 0.4) is 0 Å². The maximum Gasteiger partial charge on any atom is 0.419 e. The van der Waals surface area contributed by atoms with E-state index in [1.807, 2.05) is 0 Å². The van der Waals surface area contributed by atoms with Crippen LogP contribution in [0.5, 0.6) is 5.75 Å². The highest BCUT2D eigenvalue weighted by molar-refractivity contribution is 5.73. The Morgan fingerprint density at radius 1 is 1.50 bits per heavy atom. The molecule has 1 unspecified atom stereocenters. The molecule has 0 aliphatic carbocycles. The van der Waals surface area contributed by atoms with Gasteiger partial charge in [0, 0.05) is 6.42 Å². The average molecular weight is 263 g/mol. The standard InChI is InChI=1S/C11H12F3NO3/c1-18-9-6(5-8(15)10(16)17)3-2-4-7(9)11(12,13)14/h2-4,8H,5,15H2,1H3,(H,16,17). The molecule has 4 nitrogen and oxygen atoms in total. The van der Waals surface area contributed by atoms with Crippen molar-refractivity contribution in [2.45, 2.75) is 18.6 Å². The van der Waals surface area contributed by atoms with Crippen LogP contribution in [0.4, 0.5) is 13.2 Å². The quantitative estimate of drug-likeness (QED) is 0.866. The van der Waals surface area contributed by atoms with E-state index in [9.17, 15) is 18.0 Å². The van der Waals surface area contributed by atoms with Gasteiger partial charge in [-0.15, -0.1) is 0 Å². The zero-order valence-corrected chi connectivity index (χ0v) is 9.49. The number of hydrogen-bond donors (Lipinski definition) is 2. The first-order valence-electron chi connectivity index (χ1n) is 4.98. The number of para-hydroxylation sites is 1. The topological polar surface area (TPSA) is 72.5 Å². The normalized spacial score (nSPS) is 13.2. The summed E-state index contributed by atoms with van der Waals surface area (Å²) in [6, 6.07) is 2.14. The second kappa shape index (κ2) is 5.26. The number of benzene rings is 1. The van der Waals surface area contributed by atoms with Crippen LogP contribution in [0.1, 0.15) is 11.1 Å². The Labute approximate surface area is 101 Å². The summed E-state index contributed by atoms with van der Waals surface area (Å²) in [6.45, 7) is 0. The molecule has 0 fully saturated rings. The molecule has 0 spiro atoms. The number of nitrogens with two attached hydrogens (primary N) is 1. The first-order chi connectivity index (χ1) is 8.27. The summed E-state index contributed by atoms with van der Waals surface area (Å²) in [5.74, 6) is -1.67. The van der Waals surface area contributed by atoms with E-state index in [1.165, 1.54) is 12.1 Å². The first kappa shape index (κ1) is 14.3. The van der Waals surface area contributed by atoms with E-state index in [1.54, 1.807) is 0 Å². The fourth-order valence-corrected chi connectivity index (χ4v) is 1.53. The van der Waals surface area contributed by atoms with E-state index in [4.69, 9.17) is 15.6 Å². The molecule has 0 radical (unpaired) electrons. The number of aliphatic carboxylic acids is 1. The molecule has 0 saturated heterocycles. The molecule has 0 aromatic heterocycles. The molecule has 1 atom stereocenters. The van der Waals surface area contributed by atoms with Crippen molar-refractivity contribution in [2.24, 2.45) is 5.73 Å². The molecule has 3 N–H and O–H groups in total. The molecule has 7 heteroatoms. The predicted molar refractivity (Wildman–Crippen MR) is 57.3 cm³/mol. The van der Waals surface area contributed by atoms with Gasteiger partial charge in [-0.3, -0.25) is 4.79 Å². The molecule has 1 aromatic carbocycles. The lowest BCUT2D eigenvalue weighted by Gasteiger charge is -2.16. The van der Waals surface area contributed by atoms with Crippen LogP contribution in [0, 0.1) is 0 Å². The smallest absolute Gasteiger partial charge is 0.419 e. The summed E-state index contributed by atoms with van der Waals surface area (Å²) in [5, 5.41) is 8.65. The number of ether oxygens (including phenoxy) is 1. The van der Waals surface area contributed by atoms with Crippen molar-refractivity contribution in [1.82, 2.24) is 0 Å². The van der Waals surface area contributed by atoms with Crippen molar-refractivity contribution in [1.29, 1.82) is 0 Å². The van der Waals surface area contributed by atoms with Crippen molar-refractivity contribution in [3.63, 3.8) is 0 Å². The summed E-state index contributed by atoms with van der Waals surface area (Å²) in [7, 11) is 1.10. The van der Waals surface area contributed by atoms with Gasteiger partial charge >= 0.3 is 12.1 Å². The SMILES string of the molecule is COc1c(CC(N)C(=O)O)cccc1C(F)(F)F. The summed E-state index contributed by atoms with van der Waals surface area (Å²) < 4.78 is 42.8. The van der Waals surface area contributed by atoms with Crippen LogP contribution in [0.2, 0.25) is 0 Å². The highest BCUT2D eigenvalue weighted by Crippen LogP contribution is 2.38. The Morgan fingerprint density at radius 2 is 2.11 bits per heavy atom. The minimum absolute atomic E-state index is 0.113. The molecule has 1 rings (SSSR count). The Bertz CT molecular complexity index is 446. The monoisotopic (exact) mass is 263 g/mol. The van der Waals surface area contributed by atoms with Crippen molar-refractivity contribution >= 4 is 5.97 Å². The highest BCUT2D eigenvalue weighted by atomic mass is 19.4. The number of carbonyl (C=O) groups is 1. The van der Waals surface area contributed by atoms with Crippen LogP contribution < -0.4 is 10.5 Å². The second-order valence-corrected chi connectivity index (χ2v) is 3.64. The van der Waals surface area contributed by atoms with E-state index in [2.05, 4.69) is 0 Å². The molecule has 18 heavy (non-hydrogen) atoms. The van der Waals surface area contributed by atoms with Gasteiger partial charge in [-0.2, -0.15) is 13.2 Å². The first-order valence-corrected chi connectivity index (χ1v) is 4.98. The average Bonchev–Trinajstić information content (AvgIpc) is 2.27. The van der Waals surface area contributed by atoms with Crippen LogP contribution >= 0.6 is 0 Å². The Hall–Kier alpha value is -1.76. The molecule has 0 amide bonds. The van der Waals surface area contributed by atoms with Crippen LogP contribution in [-0.2, 0) is 17.4 Å². The third kappa shape index (κ3) is 3.13. The van der Waals surface area contributed by atoms with Gasteiger partial charge in [0.05, 0.1) is 12.7 Å². The minimum atomic E-state index is -4.56. The zero-order valence-electron chi connectivity index (χ0n) is 9.49. The summed E-state index contributed by atoms with van der Waals surface area (Å²) in [5.41, 5.74) is 4.46. The number of methoxy groups -OCH3 is 1. The van der Waals surface area contributed by atoms with Crippen LogP contribution in [0.25, 0.3) is 0 Å². The van der Waals surface area contributed by atoms with Gasteiger partial charge in [0.1, 0.15) is 11.8 Å². The van der Waals surface area contributed by atoms with Gasteiger partial charge in [-0.1, -0.05) is 12.1 Å². The predicted octanol–water partition coefficient (Wildman–Crippen LogP) is 1.67. The van der Waals surface area contributed by atoms with Gasteiger partial charge in [0.2, 0.25) is 0 Å². The minimum Gasteiger partial charge on any atom is -0.496 e. The van der Waals surface area contributed by atoms with E-state index in [-0.39, 0.29) is 17.7 Å². The summed E-state index contributed by atoms with van der Waals surface area (Å²) >= 11 is 0. The van der Waals surface area contributed by atoms with E-state index < -0.39 is 23.8 Å². The summed E-state index contributed by atoms with van der Waals surface area (Å²) in [6.07, 6.45) is -4.79. The van der Waals surface area contributed by atoms with Gasteiger partial charge in [-0.05, 0) is 11.6 Å². The fourth-order valence-electron chi connectivity index (χ4n) is 1.53. The number of halogens is 3. The van der Waals surface area contributed by atoms with E-state index >= 15 is 0 Å². The maximum absolute atomic E-state index is 12.7. The summed E-state index contributed by atoms with van der Waals surface area (Å²) in [4.78, 5) is 10.6. The third-order valence-electron chi connectivity index (χ3n) is 2.36. The van der Waals surface area contributed by atoms with E-state index in [0.717, 1.165) is 13.2 Å². The number of carboxylic acids is 1. The Kier molecular flexibility index (Phi) is 4.18. The number of hydrogen-bond acceptors (Lipinski definition) is 3. The lowest BCUT2D eigenvalue weighted by Crippen LogP contribution is -2.32. The highest BCUT2D eigenvalue weighted by Gasteiger charge is 2.35. The van der Waals surface area contributed by atoms with Gasteiger partial charge in [0.25, 0.3) is 0 Å². The van der Waals surface area contributed by atoms with Crippen molar-refractivity contribution < 1.29 is 27.8 Å². The maximum atomic E-state index is 12.7. The van der Waals surface area contributed by atoms with Gasteiger partial charge in [-0.25, -0.2) is 0 Å². The van der Waals surface area contributed by atoms with Crippen molar-refractivity contribution in [3.05, 3.63) is 29.3 Å². The van der Waals surface area contributed by atoms with Crippen molar-refractivity contribution in [2.75, 3.05) is 7.11 Å². The zero-order chi connectivity index (χ0) is 13.9. The Morgan fingerprint density at radius 3 is 2.56 bits per heavy atom. The molecular formula is C11H12F3NO3. The Balaban J connectivity index is 3.17. The van der Waals surface area contributed by atoms with Crippen LogP contribution in [0.15, 0.2) is 18.2 Å². The molecule has 0 bridgehead atoms. The lowest BCUT2D eigenvalue weighted by atomic mass is 10.0. The van der Waals surface area contributed by atoms with Gasteiger partial charge < -0.3 is 15.6 Å². The number of carboxylic acid groups (broad SMARTS) is 1. The fraction of sp³-hybridized carbons (Fsp3) is 0.364. The molecule has 0 saturated carbocycles. The molecule has 1 aromatic rings. The number of rotatable bonds is 4. The van der Waals surface area contributed by atoms with Gasteiger partial charge in [0.15, 0.2) is 0 Å². The number of alkyl halides is 3. The van der Waals surface area contributed by atoms with E-state index in [0.29, 0.717) is 0 Å². The molecular weight excluding hydrogens is 251 g/mol. The largest absolute Gasteiger partial charge is 0.496 e. The van der Waals surface area contributed by atoms with Crippen molar-refractivity contribution in [3.8, 4) is 5.75 Å².